The molecule has 1 aromatic carbocycles. The number of nitrogens with zero attached hydrogens (tertiary/aromatic N) is 1. The molecule has 1 aromatic heterocycles. The Morgan fingerprint density at radius 2 is 2.26 bits per heavy atom. The second-order valence-electron chi connectivity index (χ2n) is 5.70. The highest BCUT2D eigenvalue weighted by molar-refractivity contribution is 5.77. The Labute approximate surface area is 114 Å². The lowest BCUT2D eigenvalue weighted by Gasteiger charge is -2.14. The van der Waals surface area contributed by atoms with Crippen molar-refractivity contribution in [1.82, 2.24) is 4.98 Å². The molecule has 1 N–H and O–H groups in total. The molecular formula is C16H22N2O. The standard InChI is InChI=1S/C16H22N2O/c1-3-4-5-11(2)17-13-8-9-15-14(10-13)18-16(19-15)12-6-7-12/h8-12,17H,3-7H2,1-2H3. The number of rotatable bonds is 6. The molecule has 0 aliphatic heterocycles. The molecule has 3 rings (SSSR count). The number of hydrogen-bond acceptors (Lipinski definition) is 3. The van der Waals surface area contributed by atoms with Crippen LogP contribution in [-0.2, 0) is 0 Å². The minimum Gasteiger partial charge on any atom is -0.440 e. The molecule has 0 bridgehead atoms. The Morgan fingerprint density at radius 1 is 1.42 bits per heavy atom. The van der Waals surface area contributed by atoms with Gasteiger partial charge in [0.1, 0.15) is 5.52 Å². The highest BCUT2D eigenvalue weighted by atomic mass is 16.3. The molecule has 0 spiro atoms. The maximum Gasteiger partial charge on any atom is 0.198 e. The largest absolute Gasteiger partial charge is 0.440 e. The highest BCUT2D eigenvalue weighted by Crippen LogP contribution is 2.40. The van der Waals surface area contributed by atoms with Gasteiger partial charge in [-0.15, -0.1) is 0 Å². The fourth-order valence-corrected chi connectivity index (χ4v) is 2.41. The summed E-state index contributed by atoms with van der Waals surface area (Å²) in [5.41, 5.74) is 3.04. The van der Waals surface area contributed by atoms with Gasteiger partial charge in [0.15, 0.2) is 11.5 Å². The van der Waals surface area contributed by atoms with Gasteiger partial charge in [-0.2, -0.15) is 0 Å². The maximum atomic E-state index is 5.78. The Morgan fingerprint density at radius 3 is 3.00 bits per heavy atom. The van der Waals surface area contributed by atoms with E-state index >= 15 is 0 Å². The van der Waals surface area contributed by atoms with Crippen LogP contribution >= 0.6 is 0 Å². The van der Waals surface area contributed by atoms with E-state index in [2.05, 4.69) is 36.3 Å². The topological polar surface area (TPSA) is 38.1 Å². The van der Waals surface area contributed by atoms with Crippen molar-refractivity contribution < 1.29 is 4.42 Å². The van der Waals surface area contributed by atoms with Crippen molar-refractivity contribution in [2.45, 2.75) is 57.9 Å². The van der Waals surface area contributed by atoms with E-state index in [1.165, 1.54) is 32.1 Å². The molecule has 1 saturated carbocycles. The highest BCUT2D eigenvalue weighted by Gasteiger charge is 2.28. The van der Waals surface area contributed by atoms with E-state index in [1.807, 2.05) is 6.07 Å². The van der Waals surface area contributed by atoms with Crippen LogP contribution in [0.25, 0.3) is 11.1 Å². The molecule has 0 saturated heterocycles. The van der Waals surface area contributed by atoms with Crippen molar-refractivity contribution in [3.63, 3.8) is 0 Å². The SMILES string of the molecule is CCCCC(C)Nc1ccc2oc(C3CC3)nc2c1. The first-order valence-corrected chi connectivity index (χ1v) is 7.43. The second-order valence-corrected chi connectivity index (χ2v) is 5.70. The van der Waals surface area contributed by atoms with Crippen LogP contribution in [0, 0.1) is 0 Å². The summed E-state index contributed by atoms with van der Waals surface area (Å²) in [5.74, 6) is 1.50. The number of anilines is 1. The first kappa shape index (κ1) is 12.5. The van der Waals surface area contributed by atoms with Crippen LogP contribution < -0.4 is 5.32 Å². The number of nitrogens with one attached hydrogen (secondary N) is 1. The van der Waals surface area contributed by atoms with Gasteiger partial charge in [0.2, 0.25) is 0 Å². The molecule has 102 valence electrons. The summed E-state index contributed by atoms with van der Waals surface area (Å²) in [4.78, 5) is 4.60. The van der Waals surface area contributed by atoms with Crippen LogP contribution in [0.4, 0.5) is 5.69 Å². The summed E-state index contributed by atoms with van der Waals surface area (Å²) in [6, 6.07) is 6.73. The Hall–Kier alpha value is -1.51. The van der Waals surface area contributed by atoms with Gasteiger partial charge in [0.25, 0.3) is 0 Å². The summed E-state index contributed by atoms with van der Waals surface area (Å²) >= 11 is 0. The molecule has 19 heavy (non-hydrogen) atoms. The quantitative estimate of drug-likeness (QED) is 0.816. The summed E-state index contributed by atoms with van der Waals surface area (Å²) < 4.78 is 5.78. The molecule has 1 atom stereocenters. The average Bonchev–Trinajstić information content (AvgIpc) is 3.16. The molecule has 1 fully saturated rings. The van der Waals surface area contributed by atoms with Gasteiger partial charge < -0.3 is 9.73 Å². The van der Waals surface area contributed by atoms with Crippen molar-refractivity contribution in [3.05, 3.63) is 24.1 Å². The zero-order chi connectivity index (χ0) is 13.2. The average molecular weight is 258 g/mol. The molecule has 3 nitrogen and oxygen atoms in total. The molecule has 0 amide bonds. The number of oxazole rings is 1. The first-order valence-electron chi connectivity index (χ1n) is 7.43. The molecule has 1 aliphatic carbocycles. The number of hydrogen-bond donors (Lipinski definition) is 1. The van der Waals surface area contributed by atoms with Gasteiger partial charge in [-0.1, -0.05) is 19.8 Å². The maximum absolute atomic E-state index is 5.78. The van der Waals surface area contributed by atoms with Crippen molar-refractivity contribution in [3.8, 4) is 0 Å². The predicted molar refractivity (Wildman–Crippen MR) is 78.6 cm³/mol. The van der Waals surface area contributed by atoms with Gasteiger partial charge in [-0.3, -0.25) is 0 Å². The lowest BCUT2D eigenvalue weighted by Crippen LogP contribution is -2.14. The van der Waals surface area contributed by atoms with Gasteiger partial charge in [-0.05, 0) is 44.4 Å². The van der Waals surface area contributed by atoms with Crippen molar-refractivity contribution in [1.29, 1.82) is 0 Å². The zero-order valence-electron chi connectivity index (χ0n) is 11.8. The Kier molecular flexibility index (Phi) is 3.45. The van der Waals surface area contributed by atoms with Crippen LogP contribution in [0.3, 0.4) is 0 Å². The number of benzene rings is 1. The van der Waals surface area contributed by atoms with E-state index < -0.39 is 0 Å². The summed E-state index contributed by atoms with van der Waals surface area (Å²) in [6.45, 7) is 4.46. The number of unbranched alkanes of at least 4 members (excludes halogenated alkanes) is 1. The summed E-state index contributed by atoms with van der Waals surface area (Å²) in [7, 11) is 0. The van der Waals surface area contributed by atoms with Crippen molar-refractivity contribution >= 4 is 16.8 Å². The molecule has 3 heteroatoms. The van der Waals surface area contributed by atoms with E-state index in [-0.39, 0.29) is 0 Å². The van der Waals surface area contributed by atoms with Crippen LogP contribution in [0.2, 0.25) is 0 Å². The summed E-state index contributed by atoms with van der Waals surface area (Å²) in [5, 5.41) is 3.54. The van der Waals surface area contributed by atoms with Gasteiger partial charge >= 0.3 is 0 Å². The van der Waals surface area contributed by atoms with E-state index in [9.17, 15) is 0 Å². The predicted octanol–water partition coefficient (Wildman–Crippen LogP) is 4.70. The fraction of sp³-hybridized carbons (Fsp3) is 0.562. The third-order valence-electron chi connectivity index (χ3n) is 3.73. The Balaban J connectivity index is 1.73. The molecular weight excluding hydrogens is 236 g/mol. The number of aromatic nitrogens is 1. The van der Waals surface area contributed by atoms with E-state index in [4.69, 9.17) is 4.42 Å². The zero-order valence-corrected chi connectivity index (χ0v) is 11.8. The normalized spacial score (nSPS) is 16.7. The van der Waals surface area contributed by atoms with Crippen molar-refractivity contribution in [2.24, 2.45) is 0 Å². The van der Waals surface area contributed by atoms with Gasteiger partial charge in [0, 0.05) is 17.6 Å². The lowest BCUT2D eigenvalue weighted by atomic mass is 10.1. The monoisotopic (exact) mass is 258 g/mol. The first-order chi connectivity index (χ1) is 9.26. The van der Waals surface area contributed by atoms with Crippen LogP contribution in [0.1, 0.15) is 57.8 Å². The van der Waals surface area contributed by atoms with Gasteiger partial charge in [0.05, 0.1) is 0 Å². The minimum atomic E-state index is 0.507. The van der Waals surface area contributed by atoms with E-state index in [0.717, 1.165) is 22.7 Å². The lowest BCUT2D eigenvalue weighted by molar-refractivity contribution is 0.533. The Bertz CT molecular complexity index is 557. The molecule has 1 unspecified atom stereocenters. The van der Waals surface area contributed by atoms with Crippen LogP contribution in [0.5, 0.6) is 0 Å². The third-order valence-corrected chi connectivity index (χ3v) is 3.73. The number of fused-ring (bicyclic) bond motifs is 1. The second kappa shape index (κ2) is 5.24. The van der Waals surface area contributed by atoms with E-state index in [1.54, 1.807) is 0 Å². The van der Waals surface area contributed by atoms with Crippen LogP contribution in [-0.4, -0.2) is 11.0 Å². The smallest absolute Gasteiger partial charge is 0.198 e. The van der Waals surface area contributed by atoms with Crippen molar-refractivity contribution in [2.75, 3.05) is 5.32 Å². The minimum absolute atomic E-state index is 0.507. The molecule has 0 radical (unpaired) electrons. The summed E-state index contributed by atoms with van der Waals surface area (Å²) in [6.07, 6.45) is 6.18. The molecule has 2 aromatic rings. The molecule has 1 heterocycles. The van der Waals surface area contributed by atoms with Crippen LogP contribution in [0.15, 0.2) is 22.6 Å². The van der Waals surface area contributed by atoms with Gasteiger partial charge in [-0.25, -0.2) is 4.98 Å². The third kappa shape index (κ3) is 2.91. The van der Waals surface area contributed by atoms with E-state index in [0.29, 0.717) is 12.0 Å². The fourth-order valence-electron chi connectivity index (χ4n) is 2.41. The molecule has 1 aliphatic rings.